The molecule has 2 aromatic rings. The summed E-state index contributed by atoms with van der Waals surface area (Å²) >= 11 is 0. The number of halogens is 1. The van der Waals surface area contributed by atoms with Gasteiger partial charge in [-0.2, -0.15) is 0 Å². The lowest BCUT2D eigenvalue weighted by Crippen LogP contribution is -2.33. The Labute approximate surface area is 132 Å². The normalized spacial score (nSPS) is 12.0. The SMILES string of the molecule is CC(C)CC(=O)NC(CN)c1ccc2ccccc2c1.Cl. The van der Waals surface area contributed by atoms with Crippen molar-refractivity contribution < 1.29 is 4.79 Å². The lowest BCUT2D eigenvalue weighted by Gasteiger charge is -2.18. The molecule has 0 radical (unpaired) electrons. The molecule has 0 spiro atoms. The highest BCUT2D eigenvalue weighted by molar-refractivity contribution is 5.85. The summed E-state index contributed by atoms with van der Waals surface area (Å²) in [5.74, 6) is 0.411. The van der Waals surface area contributed by atoms with Gasteiger partial charge >= 0.3 is 0 Å². The van der Waals surface area contributed by atoms with E-state index in [0.29, 0.717) is 18.9 Å². The number of rotatable bonds is 5. The van der Waals surface area contributed by atoms with Gasteiger partial charge in [0.25, 0.3) is 0 Å². The maximum absolute atomic E-state index is 11.9. The van der Waals surface area contributed by atoms with E-state index in [9.17, 15) is 4.79 Å². The Balaban J connectivity index is 0.00000220. The molecule has 0 aliphatic heterocycles. The average Bonchev–Trinajstić information content (AvgIpc) is 2.43. The number of amides is 1. The minimum atomic E-state index is -0.120. The second kappa shape index (κ2) is 8.01. The van der Waals surface area contributed by atoms with Gasteiger partial charge in [0.15, 0.2) is 0 Å². The topological polar surface area (TPSA) is 55.1 Å². The summed E-state index contributed by atoms with van der Waals surface area (Å²) in [6, 6.07) is 14.3. The van der Waals surface area contributed by atoms with E-state index in [1.54, 1.807) is 0 Å². The van der Waals surface area contributed by atoms with Crippen molar-refractivity contribution in [2.45, 2.75) is 26.3 Å². The molecule has 21 heavy (non-hydrogen) atoms. The standard InChI is InChI=1S/C17H22N2O.ClH/c1-12(2)9-17(20)19-16(11-18)15-8-7-13-5-3-4-6-14(13)10-15;/h3-8,10,12,16H,9,11,18H2,1-2H3,(H,19,20);1H. The third-order valence-corrected chi connectivity index (χ3v) is 3.34. The zero-order valence-electron chi connectivity index (χ0n) is 12.5. The summed E-state index contributed by atoms with van der Waals surface area (Å²) in [7, 11) is 0. The quantitative estimate of drug-likeness (QED) is 0.889. The third kappa shape index (κ3) is 4.73. The van der Waals surface area contributed by atoms with Crippen LogP contribution in [0.1, 0.15) is 31.9 Å². The summed E-state index contributed by atoms with van der Waals surface area (Å²) in [5.41, 5.74) is 6.87. The van der Waals surface area contributed by atoms with E-state index in [-0.39, 0.29) is 24.4 Å². The monoisotopic (exact) mass is 306 g/mol. The van der Waals surface area contributed by atoms with Crippen LogP contribution in [0.2, 0.25) is 0 Å². The van der Waals surface area contributed by atoms with Gasteiger partial charge in [0.1, 0.15) is 0 Å². The molecule has 1 amide bonds. The fraction of sp³-hybridized carbons (Fsp3) is 0.353. The van der Waals surface area contributed by atoms with Crippen LogP contribution in [0.4, 0.5) is 0 Å². The Bertz CT molecular complexity index is 598. The lowest BCUT2D eigenvalue weighted by atomic mass is 10.0. The molecule has 0 bridgehead atoms. The van der Waals surface area contributed by atoms with Crippen LogP contribution in [0.3, 0.4) is 0 Å². The molecule has 114 valence electrons. The number of carbonyl (C=O) groups is 1. The van der Waals surface area contributed by atoms with Crippen molar-refractivity contribution in [1.29, 1.82) is 0 Å². The highest BCUT2D eigenvalue weighted by Crippen LogP contribution is 2.20. The van der Waals surface area contributed by atoms with E-state index >= 15 is 0 Å². The van der Waals surface area contributed by atoms with Gasteiger partial charge in [0.05, 0.1) is 6.04 Å². The summed E-state index contributed by atoms with van der Waals surface area (Å²) in [4.78, 5) is 11.9. The zero-order valence-corrected chi connectivity index (χ0v) is 13.3. The minimum absolute atomic E-state index is 0. The van der Waals surface area contributed by atoms with E-state index in [0.717, 1.165) is 5.56 Å². The van der Waals surface area contributed by atoms with E-state index < -0.39 is 0 Å². The molecule has 2 rings (SSSR count). The van der Waals surface area contributed by atoms with Gasteiger partial charge in [-0.05, 0) is 28.3 Å². The Hall–Kier alpha value is -1.58. The van der Waals surface area contributed by atoms with Crippen LogP contribution in [0.15, 0.2) is 42.5 Å². The predicted molar refractivity (Wildman–Crippen MR) is 90.6 cm³/mol. The molecular weight excluding hydrogens is 284 g/mol. The van der Waals surface area contributed by atoms with Crippen LogP contribution < -0.4 is 11.1 Å². The van der Waals surface area contributed by atoms with Crippen molar-refractivity contribution in [1.82, 2.24) is 5.32 Å². The van der Waals surface area contributed by atoms with Crippen LogP contribution in [0.25, 0.3) is 10.8 Å². The number of hydrogen-bond acceptors (Lipinski definition) is 2. The maximum Gasteiger partial charge on any atom is 0.220 e. The van der Waals surface area contributed by atoms with Crippen molar-refractivity contribution in [2.24, 2.45) is 11.7 Å². The van der Waals surface area contributed by atoms with Gasteiger partial charge in [-0.15, -0.1) is 12.4 Å². The van der Waals surface area contributed by atoms with E-state index in [4.69, 9.17) is 5.73 Å². The van der Waals surface area contributed by atoms with Crippen molar-refractivity contribution in [2.75, 3.05) is 6.54 Å². The number of hydrogen-bond donors (Lipinski definition) is 2. The predicted octanol–water partition coefficient (Wildman–Crippen LogP) is 3.42. The van der Waals surface area contributed by atoms with Gasteiger partial charge in [-0.1, -0.05) is 50.2 Å². The molecule has 2 aromatic carbocycles. The minimum Gasteiger partial charge on any atom is -0.348 e. The number of fused-ring (bicyclic) bond motifs is 1. The molecule has 4 heteroatoms. The first-order valence-electron chi connectivity index (χ1n) is 7.08. The fourth-order valence-electron chi connectivity index (χ4n) is 2.33. The molecule has 3 N–H and O–H groups in total. The van der Waals surface area contributed by atoms with Crippen LogP contribution >= 0.6 is 12.4 Å². The first-order chi connectivity index (χ1) is 9.60. The van der Waals surface area contributed by atoms with Gasteiger partial charge in [0.2, 0.25) is 5.91 Å². The first-order valence-corrected chi connectivity index (χ1v) is 7.08. The largest absolute Gasteiger partial charge is 0.348 e. The molecule has 0 heterocycles. The third-order valence-electron chi connectivity index (χ3n) is 3.34. The van der Waals surface area contributed by atoms with E-state index in [2.05, 4.69) is 29.6 Å². The van der Waals surface area contributed by atoms with Gasteiger partial charge in [-0.3, -0.25) is 4.79 Å². The smallest absolute Gasteiger partial charge is 0.220 e. The van der Waals surface area contributed by atoms with E-state index in [1.165, 1.54) is 10.8 Å². The van der Waals surface area contributed by atoms with Gasteiger partial charge in [0, 0.05) is 13.0 Å². The van der Waals surface area contributed by atoms with Gasteiger partial charge in [-0.25, -0.2) is 0 Å². The maximum atomic E-state index is 11.9. The Morgan fingerprint density at radius 1 is 1.14 bits per heavy atom. The lowest BCUT2D eigenvalue weighted by molar-refractivity contribution is -0.122. The molecule has 0 aliphatic carbocycles. The second-order valence-electron chi connectivity index (χ2n) is 5.56. The number of carbonyl (C=O) groups excluding carboxylic acids is 1. The summed E-state index contributed by atoms with van der Waals surface area (Å²) in [6.45, 7) is 4.47. The molecule has 0 aromatic heterocycles. The van der Waals surface area contributed by atoms with Crippen LogP contribution in [0, 0.1) is 5.92 Å². The highest BCUT2D eigenvalue weighted by Gasteiger charge is 2.14. The molecule has 0 saturated heterocycles. The zero-order chi connectivity index (χ0) is 14.5. The van der Waals surface area contributed by atoms with Crippen LogP contribution in [-0.4, -0.2) is 12.5 Å². The molecule has 1 unspecified atom stereocenters. The highest BCUT2D eigenvalue weighted by atomic mass is 35.5. The van der Waals surface area contributed by atoms with Crippen molar-refractivity contribution in [3.05, 3.63) is 48.0 Å². The van der Waals surface area contributed by atoms with Crippen LogP contribution in [0.5, 0.6) is 0 Å². The molecule has 0 saturated carbocycles. The number of nitrogens with one attached hydrogen (secondary N) is 1. The molecule has 0 fully saturated rings. The Morgan fingerprint density at radius 3 is 2.43 bits per heavy atom. The Kier molecular flexibility index (Phi) is 6.66. The first kappa shape index (κ1) is 17.5. The molecule has 0 aliphatic rings. The van der Waals surface area contributed by atoms with Crippen molar-refractivity contribution in [3.63, 3.8) is 0 Å². The average molecular weight is 307 g/mol. The van der Waals surface area contributed by atoms with E-state index in [1.807, 2.05) is 32.0 Å². The fourth-order valence-corrected chi connectivity index (χ4v) is 2.33. The molecule has 3 nitrogen and oxygen atoms in total. The van der Waals surface area contributed by atoms with Crippen LogP contribution in [-0.2, 0) is 4.79 Å². The summed E-state index contributed by atoms with van der Waals surface area (Å²) < 4.78 is 0. The summed E-state index contributed by atoms with van der Waals surface area (Å²) in [5, 5.41) is 5.38. The number of benzene rings is 2. The Morgan fingerprint density at radius 2 is 1.81 bits per heavy atom. The van der Waals surface area contributed by atoms with Crippen molar-refractivity contribution in [3.8, 4) is 0 Å². The molecular formula is C17H23ClN2O. The summed E-state index contributed by atoms with van der Waals surface area (Å²) in [6.07, 6.45) is 0.532. The van der Waals surface area contributed by atoms with Gasteiger partial charge < -0.3 is 11.1 Å². The second-order valence-corrected chi connectivity index (χ2v) is 5.56. The molecule has 1 atom stereocenters. The number of nitrogens with two attached hydrogens (primary N) is 1. The van der Waals surface area contributed by atoms with Crippen molar-refractivity contribution >= 4 is 29.1 Å².